The van der Waals surface area contributed by atoms with Crippen LogP contribution in [0.15, 0.2) is 53.5 Å². The molecule has 1 saturated heterocycles. The van der Waals surface area contributed by atoms with Crippen molar-refractivity contribution in [2.45, 2.75) is 6.54 Å². The topological polar surface area (TPSA) is 55.8 Å². The van der Waals surface area contributed by atoms with E-state index in [1.807, 2.05) is 18.2 Å². The van der Waals surface area contributed by atoms with E-state index in [-0.39, 0.29) is 24.5 Å². The minimum atomic E-state index is -0.368. The summed E-state index contributed by atoms with van der Waals surface area (Å²) >= 11 is 13.2. The molecule has 1 fully saturated rings. The molecule has 0 saturated carbocycles. The highest BCUT2D eigenvalue weighted by atomic mass is 35.5. The fraction of sp³-hybridized carbons (Fsp3) is 0.100. The molecule has 4 rings (SSSR count). The monoisotopic (exact) mass is 433 g/mol. The lowest BCUT2D eigenvalue weighted by Crippen LogP contribution is -2.27. The molecular formula is C20H13Cl2NO4S. The number of hydrogen-bond donors (Lipinski definition) is 0. The third kappa shape index (κ3) is 3.76. The summed E-state index contributed by atoms with van der Waals surface area (Å²) in [5, 5.41) is 0.666. The van der Waals surface area contributed by atoms with Crippen molar-refractivity contribution >= 4 is 52.2 Å². The van der Waals surface area contributed by atoms with E-state index in [1.165, 1.54) is 0 Å². The fourth-order valence-corrected chi connectivity index (χ4v) is 3.95. The Kier molecular flexibility index (Phi) is 5.35. The van der Waals surface area contributed by atoms with Crippen molar-refractivity contribution < 1.29 is 19.1 Å². The van der Waals surface area contributed by atoms with Crippen LogP contribution in [0, 0.1) is 0 Å². The van der Waals surface area contributed by atoms with Gasteiger partial charge < -0.3 is 9.47 Å². The van der Waals surface area contributed by atoms with Crippen molar-refractivity contribution in [2.24, 2.45) is 0 Å². The smallest absolute Gasteiger partial charge is 0.293 e. The predicted octanol–water partition coefficient (Wildman–Crippen LogP) is 5.51. The van der Waals surface area contributed by atoms with Crippen molar-refractivity contribution in [2.75, 3.05) is 6.79 Å². The molecule has 5 nitrogen and oxygen atoms in total. The van der Waals surface area contributed by atoms with Gasteiger partial charge in [0.25, 0.3) is 11.1 Å². The zero-order valence-electron chi connectivity index (χ0n) is 14.4. The highest BCUT2D eigenvalue weighted by Gasteiger charge is 2.35. The van der Waals surface area contributed by atoms with Crippen LogP contribution in [0.1, 0.15) is 11.1 Å². The number of carbonyl (C=O) groups is 2. The molecule has 2 aliphatic heterocycles. The first-order valence-electron chi connectivity index (χ1n) is 8.27. The molecule has 0 N–H and O–H groups in total. The number of hydrogen-bond acceptors (Lipinski definition) is 5. The highest BCUT2D eigenvalue weighted by Crippen LogP contribution is 2.39. The van der Waals surface area contributed by atoms with Gasteiger partial charge in [-0.3, -0.25) is 14.5 Å². The lowest BCUT2D eigenvalue weighted by Gasteiger charge is -2.14. The average molecular weight is 434 g/mol. The van der Waals surface area contributed by atoms with Crippen LogP contribution in [0.25, 0.3) is 6.08 Å². The first-order valence-corrected chi connectivity index (χ1v) is 9.85. The third-order valence-electron chi connectivity index (χ3n) is 4.17. The second kappa shape index (κ2) is 7.91. The van der Waals surface area contributed by atoms with Crippen molar-refractivity contribution in [3.63, 3.8) is 0 Å². The quantitative estimate of drug-likeness (QED) is 0.594. The maximum atomic E-state index is 12.6. The molecule has 0 radical (unpaired) electrons. The van der Waals surface area contributed by atoms with E-state index in [2.05, 4.69) is 0 Å². The van der Waals surface area contributed by atoms with E-state index in [4.69, 9.17) is 32.7 Å². The van der Waals surface area contributed by atoms with Crippen LogP contribution >= 0.6 is 35.0 Å². The maximum Gasteiger partial charge on any atom is 0.293 e. The molecule has 2 aromatic carbocycles. The molecule has 2 aromatic rings. The van der Waals surface area contributed by atoms with Crippen molar-refractivity contribution in [1.82, 2.24) is 4.90 Å². The lowest BCUT2D eigenvalue weighted by molar-refractivity contribution is -0.123. The van der Waals surface area contributed by atoms with Crippen LogP contribution in [-0.2, 0) is 11.3 Å². The number of amides is 2. The molecule has 2 amide bonds. The molecule has 28 heavy (non-hydrogen) atoms. The van der Waals surface area contributed by atoms with Gasteiger partial charge in [-0.25, -0.2) is 0 Å². The van der Waals surface area contributed by atoms with E-state index < -0.39 is 0 Å². The number of fused-ring (bicyclic) bond motifs is 1. The van der Waals surface area contributed by atoms with Gasteiger partial charge in [0, 0.05) is 16.1 Å². The van der Waals surface area contributed by atoms with Crippen LogP contribution in [0.3, 0.4) is 0 Å². The number of benzene rings is 2. The zero-order valence-corrected chi connectivity index (χ0v) is 16.7. The van der Waals surface area contributed by atoms with Gasteiger partial charge >= 0.3 is 0 Å². The van der Waals surface area contributed by atoms with Crippen LogP contribution in [0.5, 0.6) is 11.5 Å². The first-order chi connectivity index (χ1) is 13.5. The summed E-state index contributed by atoms with van der Waals surface area (Å²) in [5.74, 6) is 0.727. The third-order valence-corrected chi connectivity index (χ3v) is 5.79. The fourth-order valence-electron chi connectivity index (χ4n) is 2.75. The Balaban J connectivity index is 1.51. The number of carbonyl (C=O) groups excluding carboxylic acids is 2. The number of nitrogens with zero attached hydrogens (tertiary/aromatic N) is 1. The van der Waals surface area contributed by atoms with Crippen molar-refractivity contribution in [3.05, 3.63) is 74.6 Å². The molecule has 0 unspecified atom stereocenters. The number of allylic oxidation sites excluding steroid dienone is 2. The molecule has 142 valence electrons. The van der Waals surface area contributed by atoms with Crippen molar-refractivity contribution in [3.8, 4) is 11.5 Å². The summed E-state index contributed by atoms with van der Waals surface area (Å²) in [6.07, 6.45) is 5.09. The van der Waals surface area contributed by atoms with E-state index in [1.54, 1.807) is 36.4 Å². The Bertz CT molecular complexity index is 1030. The minimum absolute atomic E-state index is 0.0612. The number of halogens is 2. The largest absolute Gasteiger partial charge is 0.454 e. The summed E-state index contributed by atoms with van der Waals surface area (Å²) in [4.78, 5) is 26.4. The molecule has 2 aliphatic rings. The Labute approximate surface area is 175 Å². The predicted molar refractivity (Wildman–Crippen MR) is 110 cm³/mol. The van der Waals surface area contributed by atoms with Gasteiger partial charge in [-0.2, -0.15) is 0 Å². The first kappa shape index (κ1) is 18.9. The minimum Gasteiger partial charge on any atom is -0.454 e. The molecule has 8 heteroatoms. The van der Waals surface area contributed by atoms with Crippen molar-refractivity contribution in [1.29, 1.82) is 0 Å². The van der Waals surface area contributed by atoms with Gasteiger partial charge in [-0.1, -0.05) is 53.6 Å². The normalized spacial score (nSPS) is 17.4. The van der Waals surface area contributed by atoms with Crippen LogP contribution in [-0.4, -0.2) is 22.8 Å². The zero-order chi connectivity index (χ0) is 19.7. The lowest BCUT2D eigenvalue weighted by atomic mass is 10.2. The van der Waals surface area contributed by atoms with E-state index in [0.29, 0.717) is 32.0 Å². The second-order valence-corrected chi connectivity index (χ2v) is 7.78. The van der Waals surface area contributed by atoms with Gasteiger partial charge in [0.1, 0.15) is 0 Å². The maximum absolute atomic E-state index is 12.6. The van der Waals surface area contributed by atoms with E-state index in [9.17, 15) is 9.59 Å². The number of ether oxygens (including phenoxy) is 2. The van der Waals surface area contributed by atoms with Gasteiger partial charge in [-0.05, 0) is 41.1 Å². The van der Waals surface area contributed by atoms with Gasteiger partial charge in [0.15, 0.2) is 11.5 Å². The number of imide groups is 1. The molecule has 0 spiro atoms. The molecular weight excluding hydrogens is 421 g/mol. The summed E-state index contributed by atoms with van der Waals surface area (Å²) in [5.41, 5.74) is 1.44. The highest BCUT2D eigenvalue weighted by molar-refractivity contribution is 8.18. The Hall–Kier alpha value is -2.41. The Morgan fingerprint density at radius 1 is 1.07 bits per heavy atom. The summed E-state index contributed by atoms with van der Waals surface area (Å²) in [6.45, 7) is 0.183. The molecule has 0 aromatic heterocycles. The van der Waals surface area contributed by atoms with Crippen LogP contribution in [0.4, 0.5) is 4.79 Å². The van der Waals surface area contributed by atoms with Gasteiger partial charge in [0.05, 0.1) is 11.4 Å². The van der Waals surface area contributed by atoms with Crippen LogP contribution in [0.2, 0.25) is 10.0 Å². The molecule has 0 aliphatic carbocycles. The standard InChI is InChI=1S/C20H13Cl2NO4S/c21-14-6-2-1-4-12(14)5-3-7-18-19(24)23(20(25)28-18)10-13-8-16-17(9-15(13)22)27-11-26-16/h1-9H,10-11H2/b5-3+,18-7-. The van der Waals surface area contributed by atoms with Crippen LogP contribution < -0.4 is 9.47 Å². The molecule has 2 heterocycles. The number of thioether (sulfide) groups is 1. The second-order valence-electron chi connectivity index (χ2n) is 5.97. The SMILES string of the molecule is O=C1S/C(=C\C=C\c2ccccc2Cl)C(=O)N1Cc1cc2c(cc1Cl)OCO2. The average Bonchev–Trinajstić information content (AvgIpc) is 3.22. The van der Waals surface area contributed by atoms with Gasteiger partial charge in [0.2, 0.25) is 6.79 Å². The summed E-state index contributed by atoms with van der Waals surface area (Å²) < 4.78 is 10.6. The molecule has 0 atom stereocenters. The Morgan fingerprint density at radius 2 is 1.82 bits per heavy atom. The summed E-state index contributed by atoms with van der Waals surface area (Å²) in [7, 11) is 0. The molecule has 0 bridgehead atoms. The van der Waals surface area contributed by atoms with Gasteiger partial charge in [-0.15, -0.1) is 0 Å². The number of rotatable bonds is 4. The van der Waals surface area contributed by atoms with E-state index in [0.717, 1.165) is 22.2 Å². The summed E-state index contributed by atoms with van der Waals surface area (Å²) in [6, 6.07) is 10.7. The Morgan fingerprint density at radius 3 is 2.61 bits per heavy atom. The van der Waals surface area contributed by atoms with E-state index >= 15 is 0 Å².